The highest BCUT2D eigenvalue weighted by Crippen LogP contribution is 2.27. The minimum Gasteiger partial charge on any atom is -0.363 e. The van der Waals surface area contributed by atoms with Gasteiger partial charge in [-0.25, -0.2) is 8.42 Å². The molecule has 1 aromatic heterocycles. The number of aromatic nitrogens is 1. The number of hydrogen-bond acceptors (Lipinski definition) is 2. The maximum absolute atomic E-state index is 11.7. The van der Waals surface area contributed by atoms with Gasteiger partial charge in [0.2, 0.25) is 0 Å². The van der Waals surface area contributed by atoms with Crippen molar-refractivity contribution in [1.82, 2.24) is 4.98 Å². The first kappa shape index (κ1) is 11.3. The zero-order valence-electron chi connectivity index (χ0n) is 9.09. The lowest BCUT2D eigenvalue weighted by Gasteiger charge is -2.18. The Bertz CT molecular complexity index is 410. The fourth-order valence-corrected chi connectivity index (χ4v) is 2.62. The van der Waals surface area contributed by atoms with Crippen molar-refractivity contribution in [2.24, 2.45) is 0 Å². The van der Waals surface area contributed by atoms with E-state index < -0.39 is 9.84 Å². The molecule has 0 aliphatic heterocycles. The molecule has 0 bridgehead atoms. The fourth-order valence-electron chi connectivity index (χ4n) is 1.36. The molecule has 4 heteroatoms. The highest BCUT2D eigenvalue weighted by molar-refractivity contribution is 7.91. The Labute approximate surface area is 85.5 Å². The van der Waals surface area contributed by atoms with Gasteiger partial charge >= 0.3 is 0 Å². The SMILES string of the molecule is CCS(=O)(=O)c1cc[nH]c1C(C)(C)C. The first-order valence-corrected chi connectivity index (χ1v) is 6.35. The molecule has 1 heterocycles. The van der Waals surface area contributed by atoms with Crippen LogP contribution >= 0.6 is 0 Å². The molecular weight excluding hydrogens is 198 g/mol. The number of nitrogens with one attached hydrogen (secondary N) is 1. The fraction of sp³-hybridized carbons (Fsp3) is 0.600. The minimum absolute atomic E-state index is 0.147. The van der Waals surface area contributed by atoms with Gasteiger partial charge in [0.25, 0.3) is 0 Å². The molecule has 0 amide bonds. The van der Waals surface area contributed by atoms with E-state index in [1.165, 1.54) is 0 Å². The number of sulfone groups is 1. The third-order valence-electron chi connectivity index (χ3n) is 2.17. The van der Waals surface area contributed by atoms with Crippen molar-refractivity contribution in [2.45, 2.75) is 38.0 Å². The van der Waals surface area contributed by atoms with E-state index in [4.69, 9.17) is 0 Å². The molecule has 14 heavy (non-hydrogen) atoms. The predicted molar refractivity (Wildman–Crippen MR) is 57.2 cm³/mol. The Hall–Kier alpha value is -0.770. The lowest BCUT2D eigenvalue weighted by molar-refractivity contribution is 0.550. The molecule has 0 radical (unpaired) electrons. The van der Waals surface area contributed by atoms with Gasteiger partial charge < -0.3 is 4.98 Å². The lowest BCUT2D eigenvalue weighted by atomic mass is 9.92. The van der Waals surface area contributed by atoms with Crippen molar-refractivity contribution in [1.29, 1.82) is 0 Å². The summed E-state index contributed by atoms with van der Waals surface area (Å²) in [6.45, 7) is 7.64. The maximum atomic E-state index is 11.7. The lowest BCUT2D eigenvalue weighted by Crippen LogP contribution is -2.17. The molecule has 1 N–H and O–H groups in total. The summed E-state index contributed by atoms with van der Waals surface area (Å²) < 4.78 is 23.4. The summed E-state index contributed by atoms with van der Waals surface area (Å²) in [6, 6.07) is 1.64. The molecule has 1 rings (SSSR count). The quantitative estimate of drug-likeness (QED) is 0.821. The van der Waals surface area contributed by atoms with Gasteiger partial charge in [0.05, 0.1) is 10.6 Å². The Morgan fingerprint density at radius 3 is 2.36 bits per heavy atom. The zero-order valence-corrected chi connectivity index (χ0v) is 9.90. The maximum Gasteiger partial charge on any atom is 0.179 e. The molecule has 80 valence electrons. The average Bonchev–Trinajstić information content (AvgIpc) is 2.51. The summed E-state index contributed by atoms with van der Waals surface area (Å²) in [5.74, 6) is 0.147. The van der Waals surface area contributed by atoms with Gasteiger partial charge in [-0.1, -0.05) is 27.7 Å². The minimum atomic E-state index is -3.10. The van der Waals surface area contributed by atoms with E-state index in [2.05, 4.69) is 4.98 Å². The van der Waals surface area contributed by atoms with Crippen molar-refractivity contribution in [3.8, 4) is 0 Å². The van der Waals surface area contributed by atoms with Crippen LogP contribution in [0.3, 0.4) is 0 Å². The summed E-state index contributed by atoms with van der Waals surface area (Å²) in [6.07, 6.45) is 1.68. The second kappa shape index (κ2) is 3.42. The predicted octanol–water partition coefficient (Wildman–Crippen LogP) is 2.11. The van der Waals surface area contributed by atoms with E-state index in [9.17, 15) is 8.42 Å². The normalized spacial score (nSPS) is 13.1. The van der Waals surface area contributed by atoms with Crippen LogP contribution in [0.4, 0.5) is 0 Å². The summed E-state index contributed by atoms with van der Waals surface area (Å²) in [5.41, 5.74) is 0.625. The van der Waals surface area contributed by atoms with E-state index in [0.717, 1.165) is 5.69 Å². The van der Waals surface area contributed by atoms with Crippen molar-refractivity contribution < 1.29 is 8.42 Å². The van der Waals surface area contributed by atoms with Crippen LogP contribution in [-0.4, -0.2) is 19.2 Å². The summed E-state index contributed by atoms with van der Waals surface area (Å²) in [7, 11) is -3.10. The van der Waals surface area contributed by atoms with Crippen LogP contribution in [0.15, 0.2) is 17.2 Å². The highest BCUT2D eigenvalue weighted by Gasteiger charge is 2.25. The van der Waals surface area contributed by atoms with Gasteiger partial charge in [-0.15, -0.1) is 0 Å². The van der Waals surface area contributed by atoms with E-state index >= 15 is 0 Å². The van der Waals surface area contributed by atoms with Crippen LogP contribution in [0.5, 0.6) is 0 Å². The number of aromatic amines is 1. The van der Waals surface area contributed by atoms with Crippen molar-refractivity contribution in [3.05, 3.63) is 18.0 Å². The topological polar surface area (TPSA) is 49.9 Å². The molecule has 0 saturated heterocycles. The number of hydrogen-bond donors (Lipinski definition) is 1. The van der Waals surface area contributed by atoms with E-state index in [-0.39, 0.29) is 11.2 Å². The highest BCUT2D eigenvalue weighted by atomic mass is 32.2. The monoisotopic (exact) mass is 215 g/mol. The molecule has 0 aromatic carbocycles. The van der Waals surface area contributed by atoms with Gasteiger partial charge in [0.15, 0.2) is 9.84 Å². The first-order valence-electron chi connectivity index (χ1n) is 4.69. The Kier molecular flexibility index (Phi) is 2.76. The van der Waals surface area contributed by atoms with Gasteiger partial charge in [0.1, 0.15) is 0 Å². The van der Waals surface area contributed by atoms with Gasteiger partial charge in [-0.05, 0) is 6.07 Å². The summed E-state index contributed by atoms with van der Waals surface area (Å²) >= 11 is 0. The third-order valence-corrected chi connectivity index (χ3v) is 3.94. The zero-order chi connectivity index (χ0) is 11.0. The smallest absolute Gasteiger partial charge is 0.179 e. The van der Waals surface area contributed by atoms with Gasteiger partial charge in [0, 0.05) is 17.3 Å². The molecule has 0 saturated carbocycles. The van der Waals surface area contributed by atoms with Crippen molar-refractivity contribution >= 4 is 9.84 Å². The molecule has 0 unspecified atom stereocenters. The Morgan fingerprint density at radius 1 is 1.36 bits per heavy atom. The first-order chi connectivity index (χ1) is 6.29. The standard InChI is InChI=1S/C10H17NO2S/c1-5-14(12,13)8-6-7-11-9(8)10(2,3)4/h6-7,11H,5H2,1-4H3. The van der Waals surface area contributed by atoms with Crippen LogP contribution in [0.2, 0.25) is 0 Å². The molecular formula is C10H17NO2S. The van der Waals surface area contributed by atoms with E-state index in [0.29, 0.717) is 4.90 Å². The molecule has 3 nitrogen and oxygen atoms in total. The van der Waals surface area contributed by atoms with Crippen LogP contribution in [0.1, 0.15) is 33.4 Å². The second-order valence-electron chi connectivity index (χ2n) is 4.37. The van der Waals surface area contributed by atoms with Crippen molar-refractivity contribution in [3.63, 3.8) is 0 Å². The molecule has 0 aliphatic rings. The molecule has 1 aromatic rings. The molecule has 0 aliphatic carbocycles. The molecule has 0 atom stereocenters. The Morgan fingerprint density at radius 2 is 1.93 bits per heavy atom. The second-order valence-corrected chi connectivity index (χ2v) is 6.62. The van der Waals surface area contributed by atoms with Crippen LogP contribution in [0, 0.1) is 0 Å². The third kappa shape index (κ3) is 2.00. The van der Waals surface area contributed by atoms with E-state index in [1.807, 2.05) is 20.8 Å². The van der Waals surface area contributed by atoms with E-state index in [1.54, 1.807) is 19.2 Å². The van der Waals surface area contributed by atoms with Gasteiger partial charge in [-0.3, -0.25) is 0 Å². The Balaban J connectivity index is 3.33. The largest absolute Gasteiger partial charge is 0.363 e. The molecule has 0 spiro atoms. The van der Waals surface area contributed by atoms with Crippen molar-refractivity contribution in [2.75, 3.05) is 5.75 Å². The number of rotatable bonds is 2. The van der Waals surface area contributed by atoms with Crippen LogP contribution < -0.4 is 0 Å². The van der Waals surface area contributed by atoms with Crippen LogP contribution in [0.25, 0.3) is 0 Å². The summed E-state index contributed by atoms with van der Waals surface area (Å²) in [4.78, 5) is 3.44. The van der Waals surface area contributed by atoms with Gasteiger partial charge in [-0.2, -0.15) is 0 Å². The van der Waals surface area contributed by atoms with Crippen LogP contribution in [-0.2, 0) is 15.3 Å². The summed E-state index contributed by atoms with van der Waals surface area (Å²) in [5, 5.41) is 0. The number of H-pyrrole nitrogens is 1. The average molecular weight is 215 g/mol. The molecule has 0 fully saturated rings.